The molecule has 0 radical (unpaired) electrons. The molecule has 2 aromatic heterocycles. The van der Waals surface area contributed by atoms with Gasteiger partial charge in [-0.2, -0.15) is 0 Å². The zero-order chi connectivity index (χ0) is 13.1. The number of pyridine rings is 1. The zero-order valence-corrected chi connectivity index (χ0v) is 10.6. The Hall–Kier alpha value is -2.23. The van der Waals surface area contributed by atoms with Gasteiger partial charge in [0.15, 0.2) is 5.78 Å². The number of aliphatic imine (C=N–C) groups is 1. The van der Waals surface area contributed by atoms with E-state index in [2.05, 4.69) is 15.0 Å². The van der Waals surface area contributed by atoms with Gasteiger partial charge >= 0.3 is 0 Å². The Bertz CT molecular complexity index is 614. The van der Waals surface area contributed by atoms with Crippen LogP contribution in [0.3, 0.4) is 0 Å². The van der Waals surface area contributed by atoms with E-state index >= 15 is 0 Å². The van der Waals surface area contributed by atoms with Crippen LogP contribution >= 0.6 is 0 Å². The molecule has 4 heteroatoms. The Balaban J connectivity index is 1.85. The molecule has 3 rings (SSSR count). The third-order valence-corrected chi connectivity index (χ3v) is 3.31. The summed E-state index contributed by atoms with van der Waals surface area (Å²) in [7, 11) is 0. The number of rotatable bonds is 3. The van der Waals surface area contributed by atoms with Crippen LogP contribution < -0.4 is 0 Å². The number of Topliss-reactive ketones (excluding diaryl/α,β-unsaturated/α-hetero) is 1. The van der Waals surface area contributed by atoms with E-state index in [1.54, 1.807) is 12.4 Å². The van der Waals surface area contributed by atoms with E-state index in [1.807, 2.05) is 24.4 Å². The molecule has 96 valence electrons. The normalized spacial score (nSPS) is 13.9. The Morgan fingerprint density at radius 1 is 1.37 bits per heavy atom. The SMILES string of the molecule is O=C(Cc1ccccn1)c1c[nH]c2c1CCCC=N2. The van der Waals surface area contributed by atoms with Crippen molar-refractivity contribution in [2.45, 2.75) is 25.7 Å². The molecule has 0 unspecified atom stereocenters. The van der Waals surface area contributed by atoms with Crippen LogP contribution in [0.2, 0.25) is 0 Å². The molecule has 2 aromatic rings. The van der Waals surface area contributed by atoms with E-state index in [4.69, 9.17) is 0 Å². The summed E-state index contributed by atoms with van der Waals surface area (Å²) < 4.78 is 0. The van der Waals surface area contributed by atoms with Crippen molar-refractivity contribution in [2.75, 3.05) is 0 Å². The summed E-state index contributed by atoms with van der Waals surface area (Å²) in [4.78, 5) is 24.0. The monoisotopic (exact) mass is 253 g/mol. The predicted octanol–water partition coefficient (Wildman–Crippen LogP) is 2.87. The van der Waals surface area contributed by atoms with Gasteiger partial charge in [0.2, 0.25) is 0 Å². The molecular weight excluding hydrogens is 238 g/mol. The number of hydrogen-bond donors (Lipinski definition) is 1. The van der Waals surface area contributed by atoms with Gasteiger partial charge < -0.3 is 4.98 Å². The number of carbonyl (C=O) groups is 1. The molecule has 0 bridgehead atoms. The van der Waals surface area contributed by atoms with Crippen LogP contribution in [0.4, 0.5) is 5.82 Å². The summed E-state index contributed by atoms with van der Waals surface area (Å²) in [6, 6.07) is 5.63. The van der Waals surface area contributed by atoms with E-state index in [-0.39, 0.29) is 5.78 Å². The number of nitrogens with zero attached hydrogens (tertiary/aromatic N) is 2. The van der Waals surface area contributed by atoms with Gasteiger partial charge in [0, 0.05) is 35.4 Å². The summed E-state index contributed by atoms with van der Waals surface area (Å²) in [6.45, 7) is 0. The Morgan fingerprint density at radius 3 is 3.16 bits per heavy atom. The second kappa shape index (κ2) is 5.18. The number of aromatic amines is 1. The number of nitrogens with one attached hydrogen (secondary N) is 1. The fourth-order valence-corrected chi connectivity index (χ4v) is 2.35. The molecule has 4 nitrogen and oxygen atoms in total. The lowest BCUT2D eigenvalue weighted by Gasteiger charge is -2.02. The first-order chi connectivity index (χ1) is 9.34. The number of H-pyrrole nitrogens is 1. The first kappa shape index (κ1) is 11.8. The third kappa shape index (κ3) is 2.47. The highest BCUT2D eigenvalue weighted by molar-refractivity contribution is 5.99. The van der Waals surface area contributed by atoms with Crippen LogP contribution in [0.25, 0.3) is 0 Å². The zero-order valence-electron chi connectivity index (χ0n) is 10.6. The second-order valence-electron chi connectivity index (χ2n) is 4.65. The van der Waals surface area contributed by atoms with Crippen molar-refractivity contribution in [3.8, 4) is 0 Å². The summed E-state index contributed by atoms with van der Waals surface area (Å²) in [6.07, 6.45) is 8.66. The van der Waals surface area contributed by atoms with Crippen molar-refractivity contribution < 1.29 is 4.79 Å². The highest BCUT2D eigenvalue weighted by Crippen LogP contribution is 2.26. The molecule has 1 aliphatic heterocycles. The predicted molar refractivity (Wildman–Crippen MR) is 74.2 cm³/mol. The molecule has 1 aliphatic rings. The van der Waals surface area contributed by atoms with Crippen LogP contribution in [-0.2, 0) is 12.8 Å². The molecule has 19 heavy (non-hydrogen) atoms. The smallest absolute Gasteiger partial charge is 0.170 e. The maximum Gasteiger partial charge on any atom is 0.170 e. The Kier molecular flexibility index (Phi) is 3.23. The molecule has 0 spiro atoms. The van der Waals surface area contributed by atoms with Crippen molar-refractivity contribution in [1.29, 1.82) is 0 Å². The maximum absolute atomic E-state index is 12.3. The molecule has 0 aliphatic carbocycles. The van der Waals surface area contributed by atoms with Crippen molar-refractivity contribution >= 4 is 17.8 Å². The van der Waals surface area contributed by atoms with Crippen LogP contribution in [0.1, 0.15) is 34.5 Å². The number of hydrogen-bond acceptors (Lipinski definition) is 3. The van der Waals surface area contributed by atoms with Gasteiger partial charge in [-0.1, -0.05) is 6.07 Å². The van der Waals surface area contributed by atoms with Crippen molar-refractivity contribution in [3.05, 3.63) is 47.4 Å². The van der Waals surface area contributed by atoms with Crippen LogP contribution in [0.15, 0.2) is 35.6 Å². The number of fused-ring (bicyclic) bond motifs is 1. The van der Waals surface area contributed by atoms with Crippen LogP contribution in [-0.4, -0.2) is 22.0 Å². The van der Waals surface area contributed by atoms with Crippen molar-refractivity contribution in [3.63, 3.8) is 0 Å². The Labute approximate surface area is 111 Å². The summed E-state index contributed by atoms with van der Waals surface area (Å²) in [5.41, 5.74) is 2.62. The lowest BCUT2D eigenvalue weighted by molar-refractivity contribution is 0.0991. The minimum atomic E-state index is 0.105. The summed E-state index contributed by atoms with van der Waals surface area (Å²) >= 11 is 0. The summed E-state index contributed by atoms with van der Waals surface area (Å²) in [5, 5.41) is 0. The van der Waals surface area contributed by atoms with E-state index in [0.29, 0.717) is 6.42 Å². The molecular formula is C15H15N3O. The van der Waals surface area contributed by atoms with Gasteiger partial charge in [0.05, 0.1) is 6.42 Å². The van der Waals surface area contributed by atoms with Gasteiger partial charge in [0.25, 0.3) is 0 Å². The topological polar surface area (TPSA) is 58.1 Å². The largest absolute Gasteiger partial charge is 0.346 e. The van der Waals surface area contributed by atoms with Crippen molar-refractivity contribution in [2.24, 2.45) is 4.99 Å². The molecule has 1 N–H and O–H groups in total. The summed E-state index contributed by atoms with van der Waals surface area (Å²) in [5.74, 6) is 0.940. The first-order valence-corrected chi connectivity index (χ1v) is 6.50. The molecule has 0 saturated heterocycles. The second-order valence-corrected chi connectivity index (χ2v) is 4.65. The highest BCUT2D eigenvalue weighted by Gasteiger charge is 2.18. The lowest BCUT2D eigenvalue weighted by Crippen LogP contribution is -2.06. The minimum Gasteiger partial charge on any atom is -0.346 e. The van der Waals surface area contributed by atoms with E-state index in [9.17, 15) is 4.79 Å². The third-order valence-electron chi connectivity index (χ3n) is 3.31. The average Bonchev–Trinajstić information content (AvgIpc) is 2.69. The lowest BCUT2D eigenvalue weighted by atomic mass is 10.0. The highest BCUT2D eigenvalue weighted by atomic mass is 16.1. The molecule has 0 atom stereocenters. The molecule has 0 aromatic carbocycles. The van der Waals surface area contributed by atoms with Crippen LogP contribution in [0, 0.1) is 0 Å². The van der Waals surface area contributed by atoms with Gasteiger partial charge in [0.1, 0.15) is 5.82 Å². The maximum atomic E-state index is 12.3. The van der Waals surface area contributed by atoms with E-state index in [1.165, 1.54) is 0 Å². The Morgan fingerprint density at radius 2 is 2.32 bits per heavy atom. The number of ketones is 1. The van der Waals surface area contributed by atoms with Gasteiger partial charge in [-0.15, -0.1) is 0 Å². The van der Waals surface area contributed by atoms with Gasteiger partial charge in [-0.25, -0.2) is 4.99 Å². The molecule has 0 saturated carbocycles. The van der Waals surface area contributed by atoms with E-state index in [0.717, 1.165) is 41.9 Å². The molecule has 0 fully saturated rings. The standard InChI is InChI=1S/C15H15N3O/c19-14(9-11-5-1-3-7-16-11)13-10-18-15-12(13)6-2-4-8-17-15/h1,3,5,7-8,10,18H,2,4,6,9H2. The van der Waals surface area contributed by atoms with Crippen LogP contribution in [0.5, 0.6) is 0 Å². The molecule has 3 heterocycles. The van der Waals surface area contributed by atoms with Gasteiger partial charge in [-0.3, -0.25) is 9.78 Å². The van der Waals surface area contributed by atoms with Crippen molar-refractivity contribution in [1.82, 2.24) is 9.97 Å². The quantitative estimate of drug-likeness (QED) is 0.855. The fourth-order valence-electron chi connectivity index (χ4n) is 2.35. The minimum absolute atomic E-state index is 0.105. The average molecular weight is 253 g/mol. The van der Waals surface area contributed by atoms with Gasteiger partial charge in [-0.05, 0) is 31.4 Å². The molecule has 0 amide bonds. The number of aromatic nitrogens is 2. The first-order valence-electron chi connectivity index (χ1n) is 6.50. The number of carbonyl (C=O) groups excluding carboxylic acids is 1. The van der Waals surface area contributed by atoms with E-state index < -0.39 is 0 Å². The fraction of sp³-hybridized carbons (Fsp3) is 0.267.